The highest BCUT2D eigenvalue weighted by atomic mass is 16.3. The Kier molecular flexibility index (Phi) is 4.94. The third-order valence-electron chi connectivity index (χ3n) is 4.98. The van der Waals surface area contributed by atoms with E-state index in [4.69, 9.17) is 14.4 Å². The Morgan fingerprint density at radius 3 is 2.70 bits per heavy atom. The molecular formula is C20H26N6O. The number of likely N-dealkylation sites (N-methyl/N-ethyl adjacent to an activating group) is 1. The number of anilines is 2. The van der Waals surface area contributed by atoms with Crippen LogP contribution in [0.3, 0.4) is 0 Å². The van der Waals surface area contributed by atoms with Crippen LogP contribution in [-0.4, -0.2) is 53.1 Å². The van der Waals surface area contributed by atoms with Gasteiger partial charge in [-0.15, -0.1) is 0 Å². The Hall–Kier alpha value is -2.67. The number of hydrogen-bond donors (Lipinski definition) is 1. The number of piperazine rings is 1. The molecule has 4 heterocycles. The molecule has 0 saturated carbocycles. The lowest BCUT2D eigenvalue weighted by Crippen LogP contribution is -2.45. The zero-order valence-electron chi connectivity index (χ0n) is 16.1. The molecule has 27 heavy (non-hydrogen) atoms. The minimum atomic E-state index is 0.352. The molecule has 1 fully saturated rings. The third kappa shape index (κ3) is 3.88. The molecule has 1 aliphatic heterocycles. The first kappa shape index (κ1) is 17.7. The summed E-state index contributed by atoms with van der Waals surface area (Å²) < 4.78 is 5.45. The fraction of sp³-hybridized carbons (Fsp3) is 0.450. The predicted octanol–water partition coefficient (Wildman–Crippen LogP) is 3.11. The lowest BCUT2D eigenvalue weighted by molar-refractivity contribution is 0.311. The van der Waals surface area contributed by atoms with E-state index in [0.717, 1.165) is 60.3 Å². The standard InChI is InChI=1S/C20H26N6O/c1-14(2)17-11-16-18(13-21-17)23-20(26-8-6-25(3)7-9-26)24-19(16)22-12-15-5-4-10-27-15/h4-5,10-11,13-14H,6-9,12H2,1-3H3,(H,22,23,24). The maximum atomic E-state index is 5.45. The molecule has 3 aromatic rings. The molecule has 1 aliphatic rings. The number of fused-ring (bicyclic) bond motifs is 1. The van der Waals surface area contributed by atoms with Gasteiger partial charge in [0.1, 0.15) is 11.6 Å². The van der Waals surface area contributed by atoms with Crippen LogP contribution in [0.5, 0.6) is 0 Å². The van der Waals surface area contributed by atoms with Crippen LogP contribution >= 0.6 is 0 Å². The molecular weight excluding hydrogens is 340 g/mol. The van der Waals surface area contributed by atoms with Gasteiger partial charge in [0.05, 0.1) is 24.5 Å². The molecule has 7 heteroatoms. The second-order valence-corrected chi connectivity index (χ2v) is 7.38. The highest BCUT2D eigenvalue weighted by Gasteiger charge is 2.19. The second kappa shape index (κ2) is 7.52. The summed E-state index contributed by atoms with van der Waals surface area (Å²) in [6.45, 7) is 8.75. The zero-order valence-corrected chi connectivity index (χ0v) is 16.1. The molecule has 0 unspecified atom stereocenters. The molecule has 1 N–H and O–H groups in total. The van der Waals surface area contributed by atoms with E-state index < -0.39 is 0 Å². The normalized spacial score (nSPS) is 15.6. The van der Waals surface area contributed by atoms with E-state index in [1.807, 2.05) is 18.3 Å². The zero-order chi connectivity index (χ0) is 18.8. The van der Waals surface area contributed by atoms with Crippen molar-refractivity contribution < 1.29 is 4.42 Å². The Balaban J connectivity index is 1.71. The van der Waals surface area contributed by atoms with Crippen LogP contribution in [0.15, 0.2) is 35.1 Å². The largest absolute Gasteiger partial charge is 0.467 e. The number of nitrogens with zero attached hydrogens (tertiary/aromatic N) is 5. The minimum Gasteiger partial charge on any atom is -0.467 e. The SMILES string of the molecule is CC(C)c1cc2c(NCc3ccco3)nc(N3CCN(C)CC3)nc2cn1. The highest BCUT2D eigenvalue weighted by molar-refractivity contribution is 5.90. The third-order valence-corrected chi connectivity index (χ3v) is 4.98. The van der Waals surface area contributed by atoms with Gasteiger partial charge in [-0.2, -0.15) is 4.98 Å². The Morgan fingerprint density at radius 2 is 2.00 bits per heavy atom. The summed E-state index contributed by atoms with van der Waals surface area (Å²) >= 11 is 0. The van der Waals surface area contributed by atoms with Crippen LogP contribution in [0.2, 0.25) is 0 Å². The van der Waals surface area contributed by atoms with Crippen LogP contribution in [0.1, 0.15) is 31.2 Å². The molecule has 0 radical (unpaired) electrons. The molecule has 0 spiro atoms. The van der Waals surface area contributed by atoms with Crippen molar-refractivity contribution in [3.63, 3.8) is 0 Å². The van der Waals surface area contributed by atoms with Gasteiger partial charge in [0.25, 0.3) is 0 Å². The van der Waals surface area contributed by atoms with Crippen molar-refractivity contribution in [3.8, 4) is 0 Å². The first-order valence-electron chi connectivity index (χ1n) is 9.47. The summed E-state index contributed by atoms with van der Waals surface area (Å²) in [5.74, 6) is 2.82. The monoisotopic (exact) mass is 366 g/mol. The van der Waals surface area contributed by atoms with E-state index in [1.165, 1.54) is 0 Å². The number of hydrogen-bond acceptors (Lipinski definition) is 7. The first-order chi connectivity index (χ1) is 13.1. The van der Waals surface area contributed by atoms with Gasteiger partial charge in [-0.25, -0.2) is 4.98 Å². The maximum Gasteiger partial charge on any atom is 0.228 e. The van der Waals surface area contributed by atoms with Gasteiger partial charge in [-0.1, -0.05) is 13.8 Å². The quantitative estimate of drug-likeness (QED) is 0.744. The van der Waals surface area contributed by atoms with Crippen molar-refractivity contribution in [3.05, 3.63) is 42.1 Å². The Labute approximate surface area is 159 Å². The first-order valence-corrected chi connectivity index (χ1v) is 9.47. The molecule has 142 valence electrons. The van der Waals surface area contributed by atoms with E-state index in [0.29, 0.717) is 12.5 Å². The lowest BCUT2D eigenvalue weighted by atomic mass is 10.1. The summed E-state index contributed by atoms with van der Waals surface area (Å²) in [5, 5.41) is 4.43. The Bertz CT molecular complexity index is 900. The van der Waals surface area contributed by atoms with Crippen LogP contribution < -0.4 is 10.2 Å². The van der Waals surface area contributed by atoms with Gasteiger partial charge in [-0.3, -0.25) is 4.98 Å². The van der Waals surface area contributed by atoms with Gasteiger partial charge >= 0.3 is 0 Å². The summed E-state index contributed by atoms with van der Waals surface area (Å²) in [7, 11) is 2.15. The fourth-order valence-electron chi connectivity index (χ4n) is 3.22. The fourth-order valence-corrected chi connectivity index (χ4v) is 3.22. The summed E-state index contributed by atoms with van der Waals surface area (Å²) in [6, 6.07) is 5.95. The van der Waals surface area contributed by atoms with E-state index in [-0.39, 0.29) is 0 Å². The Morgan fingerprint density at radius 1 is 1.19 bits per heavy atom. The van der Waals surface area contributed by atoms with E-state index in [9.17, 15) is 0 Å². The highest BCUT2D eigenvalue weighted by Crippen LogP contribution is 2.27. The number of rotatable bonds is 5. The average molecular weight is 366 g/mol. The molecule has 0 amide bonds. The van der Waals surface area contributed by atoms with Crippen LogP contribution in [-0.2, 0) is 6.54 Å². The van der Waals surface area contributed by atoms with E-state index in [1.54, 1.807) is 6.26 Å². The van der Waals surface area contributed by atoms with Crippen molar-refractivity contribution in [2.75, 3.05) is 43.4 Å². The molecule has 3 aromatic heterocycles. The van der Waals surface area contributed by atoms with Crippen molar-refractivity contribution in [1.82, 2.24) is 19.9 Å². The number of aromatic nitrogens is 3. The van der Waals surface area contributed by atoms with Gasteiger partial charge in [0.15, 0.2) is 0 Å². The molecule has 0 atom stereocenters. The minimum absolute atomic E-state index is 0.352. The van der Waals surface area contributed by atoms with Gasteiger partial charge < -0.3 is 19.5 Å². The topological polar surface area (TPSA) is 70.3 Å². The summed E-state index contributed by atoms with van der Waals surface area (Å²) in [5.41, 5.74) is 1.91. The summed E-state index contributed by atoms with van der Waals surface area (Å²) in [6.07, 6.45) is 3.55. The van der Waals surface area contributed by atoms with Gasteiger partial charge in [-0.05, 0) is 31.2 Å². The number of furan rings is 1. The maximum absolute atomic E-state index is 5.45. The van der Waals surface area contributed by atoms with Crippen molar-refractivity contribution in [2.24, 2.45) is 0 Å². The van der Waals surface area contributed by atoms with E-state index >= 15 is 0 Å². The molecule has 0 aromatic carbocycles. The van der Waals surface area contributed by atoms with Crippen molar-refractivity contribution in [1.29, 1.82) is 0 Å². The predicted molar refractivity (Wildman–Crippen MR) is 107 cm³/mol. The van der Waals surface area contributed by atoms with Gasteiger partial charge in [0, 0.05) is 37.3 Å². The second-order valence-electron chi connectivity index (χ2n) is 7.38. The van der Waals surface area contributed by atoms with Crippen LogP contribution in [0.4, 0.5) is 11.8 Å². The molecule has 4 rings (SSSR count). The number of nitrogens with one attached hydrogen (secondary N) is 1. The smallest absolute Gasteiger partial charge is 0.228 e. The van der Waals surface area contributed by atoms with Crippen molar-refractivity contribution in [2.45, 2.75) is 26.3 Å². The van der Waals surface area contributed by atoms with Gasteiger partial charge in [0.2, 0.25) is 5.95 Å². The van der Waals surface area contributed by atoms with Crippen molar-refractivity contribution >= 4 is 22.7 Å². The lowest BCUT2D eigenvalue weighted by Gasteiger charge is -2.32. The van der Waals surface area contributed by atoms with Crippen LogP contribution in [0, 0.1) is 0 Å². The number of pyridine rings is 1. The average Bonchev–Trinajstić information content (AvgIpc) is 3.19. The molecule has 1 saturated heterocycles. The summed E-state index contributed by atoms with van der Waals surface area (Å²) in [4.78, 5) is 18.8. The molecule has 0 bridgehead atoms. The molecule has 7 nitrogen and oxygen atoms in total. The van der Waals surface area contributed by atoms with E-state index in [2.05, 4.69) is 47.1 Å². The van der Waals surface area contributed by atoms with Crippen LogP contribution in [0.25, 0.3) is 10.9 Å². The molecule has 0 aliphatic carbocycles.